The van der Waals surface area contributed by atoms with E-state index in [1.54, 1.807) is 19.1 Å². The standard InChI is InChI=1S/C39H53N3O2S/c1-8-10-11-12-25-41(5)36-18-13-15-30(4)34(36)20-21-35(29(3)9-2)39(31-16-14-17-31)40-45-38-28-32(19-22-37(38)44-7)42-26-23-33(43-6)24-27-42/h10-13,15,18-22,25,28,33,40H,8-9,14,16-17,23-24,26-27H2,1-7H3/b11-10+,21-20-,25-12-,35-29?. The van der Waals surface area contributed by atoms with Crippen molar-refractivity contribution in [3.8, 4) is 5.75 Å². The van der Waals surface area contributed by atoms with Gasteiger partial charge in [0.15, 0.2) is 0 Å². The highest BCUT2D eigenvalue weighted by Crippen LogP contribution is 2.38. The van der Waals surface area contributed by atoms with E-state index < -0.39 is 0 Å². The third-order valence-corrected chi connectivity index (χ3v) is 9.86. The minimum atomic E-state index is 0.363. The summed E-state index contributed by atoms with van der Waals surface area (Å²) in [7, 11) is 5.71. The first-order valence-corrected chi connectivity index (χ1v) is 17.4. The van der Waals surface area contributed by atoms with Gasteiger partial charge >= 0.3 is 0 Å². The summed E-state index contributed by atoms with van der Waals surface area (Å²) in [5.74, 6) is 0.892. The number of nitrogens with zero attached hydrogens (tertiary/aromatic N) is 2. The normalized spacial score (nSPS) is 16.4. The lowest BCUT2D eigenvalue weighted by atomic mass is 9.87. The minimum Gasteiger partial charge on any atom is -0.496 e. The molecule has 0 amide bonds. The highest BCUT2D eigenvalue weighted by molar-refractivity contribution is 7.97. The van der Waals surface area contributed by atoms with Crippen LogP contribution in [0.15, 0.2) is 94.2 Å². The Labute approximate surface area is 276 Å². The van der Waals surface area contributed by atoms with E-state index in [4.69, 9.17) is 9.47 Å². The summed E-state index contributed by atoms with van der Waals surface area (Å²) in [6, 6.07) is 13.1. The van der Waals surface area contributed by atoms with Crippen molar-refractivity contribution in [2.75, 3.05) is 44.2 Å². The van der Waals surface area contributed by atoms with Crippen molar-refractivity contribution in [3.63, 3.8) is 0 Å². The van der Waals surface area contributed by atoms with Gasteiger partial charge in [0.2, 0.25) is 0 Å². The Hall–Kier alpha value is -3.35. The number of hydrogen-bond acceptors (Lipinski definition) is 6. The second-order valence-corrected chi connectivity index (χ2v) is 12.8. The van der Waals surface area contributed by atoms with Crippen molar-refractivity contribution < 1.29 is 9.47 Å². The van der Waals surface area contributed by atoms with Gasteiger partial charge in [0.1, 0.15) is 5.75 Å². The largest absolute Gasteiger partial charge is 0.496 e. The van der Waals surface area contributed by atoms with Crippen LogP contribution in [0.4, 0.5) is 11.4 Å². The molecular formula is C39H53N3O2S. The number of methoxy groups -OCH3 is 2. The van der Waals surface area contributed by atoms with Gasteiger partial charge in [-0.1, -0.05) is 55.9 Å². The summed E-state index contributed by atoms with van der Waals surface area (Å²) >= 11 is 1.67. The molecule has 0 bridgehead atoms. The average molecular weight is 628 g/mol. The molecule has 0 radical (unpaired) electrons. The van der Waals surface area contributed by atoms with Crippen LogP contribution in [-0.2, 0) is 4.74 Å². The lowest BCUT2D eigenvalue weighted by Gasteiger charge is -2.33. The molecule has 1 saturated carbocycles. The van der Waals surface area contributed by atoms with Crippen molar-refractivity contribution in [3.05, 3.63) is 100 Å². The SMILES string of the molecule is CC/C=C/C=C\N(C)c1cccc(C)c1/C=C\C(=C(C)CC)C(NSc1cc(N2CCC(OC)CC2)ccc1OC)=C1CCC1. The van der Waals surface area contributed by atoms with Crippen LogP contribution in [0.25, 0.3) is 6.08 Å². The van der Waals surface area contributed by atoms with Crippen molar-refractivity contribution in [2.45, 2.75) is 83.6 Å². The van der Waals surface area contributed by atoms with E-state index in [9.17, 15) is 0 Å². The number of nitrogens with one attached hydrogen (secondary N) is 1. The highest BCUT2D eigenvalue weighted by atomic mass is 32.2. The van der Waals surface area contributed by atoms with Gasteiger partial charge in [-0.05, 0) is 118 Å². The first-order chi connectivity index (χ1) is 21.9. The predicted octanol–water partition coefficient (Wildman–Crippen LogP) is 10.0. The number of benzene rings is 2. The van der Waals surface area contributed by atoms with E-state index in [2.05, 4.69) is 122 Å². The van der Waals surface area contributed by atoms with Gasteiger partial charge in [0.05, 0.1) is 23.8 Å². The number of allylic oxidation sites excluding steroid dienone is 6. The molecule has 1 saturated heterocycles. The van der Waals surface area contributed by atoms with Crippen molar-refractivity contribution >= 4 is 29.4 Å². The lowest BCUT2D eigenvalue weighted by Crippen LogP contribution is -2.36. The molecule has 2 aromatic rings. The van der Waals surface area contributed by atoms with E-state index >= 15 is 0 Å². The monoisotopic (exact) mass is 627 g/mol. The van der Waals surface area contributed by atoms with Crippen LogP contribution in [0.3, 0.4) is 0 Å². The fourth-order valence-corrected chi connectivity index (χ4v) is 6.68. The number of anilines is 2. The zero-order valence-electron chi connectivity index (χ0n) is 28.5. The quantitative estimate of drug-likeness (QED) is 0.166. The van der Waals surface area contributed by atoms with Gasteiger partial charge in [-0.3, -0.25) is 0 Å². The third kappa shape index (κ3) is 9.11. The zero-order valence-corrected chi connectivity index (χ0v) is 29.3. The number of ether oxygens (including phenoxy) is 2. The molecular weight excluding hydrogens is 575 g/mol. The number of aryl methyl sites for hydroxylation is 1. The minimum absolute atomic E-state index is 0.363. The molecule has 242 valence electrons. The smallest absolute Gasteiger partial charge is 0.134 e. The van der Waals surface area contributed by atoms with E-state index in [1.165, 1.54) is 51.3 Å². The number of piperidine rings is 1. The average Bonchev–Trinajstić information content (AvgIpc) is 3.04. The second-order valence-electron chi connectivity index (χ2n) is 12.0. The molecule has 0 aromatic heterocycles. The van der Waals surface area contributed by atoms with Crippen LogP contribution >= 0.6 is 11.9 Å². The maximum Gasteiger partial charge on any atom is 0.134 e. The topological polar surface area (TPSA) is 37.0 Å². The summed E-state index contributed by atoms with van der Waals surface area (Å²) < 4.78 is 15.3. The highest BCUT2D eigenvalue weighted by Gasteiger charge is 2.22. The summed E-state index contributed by atoms with van der Waals surface area (Å²) in [5, 5.41) is 0. The maximum absolute atomic E-state index is 5.82. The van der Waals surface area contributed by atoms with Crippen molar-refractivity contribution in [2.24, 2.45) is 0 Å². The zero-order chi connectivity index (χ0) is 32.2. The fourth-order valence-electron chi connectivity index (χ4n) is 5.78. The molecule has 0 spiro atoms. The number of rotatable bonds is 14. The van der Waals surface area contributed by atoms with Crippen LogP contribution in [0.5, 0.6) is 5.75 Å². The molecule has 2 fully saturated rings. The third-order valence-electron chi connectivity index (χ3n) is 9.01. The van der Waals surface area contributed by atoms with Gasteiger partial charge in [0.25, 0.3) is 0 Å². The van der Waals surface area contributed by atoms with E-state index in [0.29, 0.717) is 6.10 Å². The molecule has 0 unspecified atom stereocenters. The summed E-state index contributed by atoms with van der Waals surface area (Å²) in [6.07, 6.45) is 21.2. The van der Waals surface area contributed by atoms with Crippen LogP contribution in [0.2, 0.25) is 0 Å². The Morgan fingerprint density at radius 3 is 2.51 bits per heavy atom. The van der Waals surface area contributed by atoms with Crippen LogP contribution in [0.1, 0.15) is 76.8 Å². The van der Waals surface area contributed by atoms with Gasteiger partial charge in [0, 0.05) is 50.4 Å². The fraction of sp³-hybridized carbons (Fsp3) is 0.436. The molecule has 5 nitrogen and oxygen atoms in total. The Kier molecular flexibility index (Phi) is 13.3. The molecule has 2 aromatic carbocycles. The Morgan fingerprint density at radius 2 is 1.87 bits per heavy atom. The molecule has 1 aliphatic heterocycles. The molecule has 4 rings (SSSR count). The Morgan fingerprint density at radius 1 is 1.09 bits per heavy atom. The maximum atomic E-state index is 5.82. The molecule has 0 atom stereocenters. The van der Waals surface area contributed by atoms with Gasteiger partial charge in [-0.25, -0.2) is 0 Å². The first kappa shape index (κ1) is 34.5. The molecule has 1 N–H and O–H groups in total. The first-order valence-electron chi connectivity index (χ1n) is 16.5. The van der Waals surface area contributed by atoms with E-state index in [1.807, 2.05) is 7.11 Å². The van der Waals surface area contributed by atoms with E-state index in [-0.39, 0.29) is 0 Å². The summed E-state index contributed by atoms with van der Waals surface area (Å²) in [5.41, 5.74) is 10.3. The van der Waals surface area contributed by atoms with Crippen LogP contribution in [-0.4, -0.2) is 40.5 Å². The molecule has 1 heterocycles. The lowest BCUT2D eigenvalue weighted by molar-refractivity contribution is 0.0819. The van der Waals surface area contributed by atoms with Gasteiger partial charge in [-0.2, -0.15) is 0 Å². The van der Waals surface area contributed by atoms with Gasteiger partial charge < -0.3 is 24.0 Å². The Bertz CT molecular complexity index is 1420. The molecule has 45 heavy (non-hydrogen) atoms. The summed E-state index contributed by atoms with van der Waals surface area (Å²) in [6.45, 7) is 10.9. The van der Waals surface area contributed by atoms with Crippen LogP contribution < -0.4 is 19.3 Å². The summed E-state index contributed by atoms with van der Waals surface area (Å²) in [4.78, 5) is 5.77. The van der Waals surface area contributed by atoms with Gasteiger partial charge in [-0.15, -0.1) is 0 Å². The molecule has 1 aliphatic carbocycles. The molecule has 2 aliphatic rings. The Balaban J connectivity index is 1.62. The van der Waals surface area contributed by atoms with Crippen molar-refractivity contribution in [1.29, 1.82) is 0 Å². The second kappa shape index (κ2) is 17.4. The predicted molar refractivity (Wildman–Crippen MR) is 195 cm³/mol. The van der Waals surface area contributed by atoms with Crippen molar-refractivity contribution in [1.82, 2.24) is 4.72 Å². The number of hydrogen-bond donors (Lipinski definition) is 1. The molecule has 6 heteroatoms. The van der Waals surface area contributed by atoms with E-state index in [0.717, 1.165) is 62.3 Å². The van der Waals surface area contributed by atoms with Crippen LogP contribution in [0, 0.1) is 6.92 Å².